The quantitative estimate of drug-likeness (QED) is 0.624. The first kappa shape index (κ1) is 14.3. The lowest BCUT2D eigenvalue weighted by atomic mass is 9.77. The van der Waals surface area contributed by atoms with Crippen LogP contribution in [-0.2, 0) is 0 Å². The number of rotatable bonds is 5. The van der Waals surface area contributed by atoms with E-state index in [-0.39, 0.29) is 23.6 Å². The van der Waals surface area contributed by atoms with Crippen molar-refractivity contribution in [2.24, 2.45) is 0 Å². The lowest BCUT2D eigenvalue weighted by molar-refractivity contribution is -0.385. The molecule has 0 unspecified atom stereocenters. The van der Waals surface area contributed by atoms with Gasteiger partial charge in [-0.15, -0.1) is 0 Å². The third-order valence-corrected chi connectivity index (χ3v) is 3.63. The van der Waals surface area contributed by atoms with Gasteiger partial charge in [0.25, 0.3) is 5.91 Å². The molecule has 0 bridgehead atoms. The average molecular weight is 280 g/mol. The van der Waals surface area contributed by atoms with Crippen LogP contribution in [0.2, 0.25) is 0 Å². The molecule has 0 atom stereocenters. The van der Waals surface area contributed by atoms with Crippen LogP contribution in [0.1, 0.15) is 29.6 Å². The van der Waals surface area contributed by atoms with Crippen LogP contribution in [0.15, 0.2) is 18.2 Å². The lowest BCUT2D eigenvalue weighted by Crippen LogP contribution is -2.56. The molecular formula is C13H16N2O5. The summed E-state index contributed by atoms with van der Waals surface area (Å²) in [4.78, 5) is 22.6. The number of para-hydroxylation sites is 1. The number of aliphatic hydroxyl groups is 1. The number of nitro groups is 1. The minimum Gasteiger partial charge on any atom is -0.490 e. The first-order valence-corrected chi connectivity index (χ1v) is 6.28. The fourth-order valence-corrected chi connectivity index (χ4v) is 2.30. The average Bonchev–Trinajstić information content (AvgIpc) is 2.41. The maximum atomic E-state index is 12.2. The molecule has 0 saturated heterocycles. The highest BCUT2D eigenvalue weighted by atomic mass is 16.6. The van der Waals surface area contributed by atoms with Crippen molar-refractivity contribution in [1.29, 1.82) is 0 Å². The van der Waals surface area contributed by atoms with Gasteiger partial charge >= 0.3 is 5.69 Å². The van der Waals surface area contributed by atoms with Crippen molar-refractivity contribution < 1.29 is 19.6 Å². The monoisotopic (exact) mass is 280 g/mol. The first-order chi connectivity index (χ1) is 9.53. The van der Waals surface area contributed by atoms with Crippen molar-refractivity contribution in [3.63, 3.8) is 0 Å². The molecule has 0 radical (unpaired) electrons. The molecule has 0 aromatic heterocycles. The molecule has 7 nitrogen and oxygen atoms in total. The number of hydrogen-bond donors (Lipinski definition) is 2. The smallest absolute Gasteiger partial charge is 0.311 e. The normalized spacial score (nSPS) is 16.1. The Morgan fingerprint density at radius 3 is 2.70 bits per heavy atom. The Labute approximate surface area is 115 Å². The molecule has 1 fully saturated rings. The van der Waals surface area contributed by atoms with Gasteiger partial charge in [0, 0.05) is 6.07 Å². The summed E-state index contributed by atoms with van der Waals surface area (Å²) in [7, 11) is 1.28. The summed E-state index contributed by atoms with van der Waals surface area (Å²) < 4.78 is 4.99. The molecule has 1 amide bonds. The molecule has 1 aliphatic rings. The summed E-state index contributed by atoms with van der Waals surface area (Å²) in [6, 6.07) is 4.17. The summed E-state index contributed by atoms with van der Waals surface area (Å²) in [5.41, 5.74) is -0.763. The predicted molar refractivity (Wildman–Crippen MR) is 70.8 cm³/mol. The molecule has 1 aromatic carbocycles. The summed E-state index contributed by atoms with van der Waals surface area (Å²) >= 11 is 0. The SMILES string of the molecule is COc1c(C(=O)NC2(CO)CCC2)cccc1[N+](=O)[O-]. The number of hydrogen-bond acceptors (Lipinski definition) is 5. The van der Waals surface area contributed by atoms with Crippen molar-refractivity contribution in [1.82, 2.24) is 5.32 Å². The Hall–Kier alpha value is -2.15. The van der Waals surface area contributed by atoms with E-state index in [2.05, 4.69) is 5.32 Å². The Balaban J connectivity index is 2.30. The van der Waals surface area contributed by atoms with E-state index in [1.54, 1.807) is 0 Å². The standard InChI is InChI=1S/C13H16N2O5/c1-20-11-9(4-2-5-10(11)15(18)19)12(17)14-13(8-16)6-3-7-13/h2,4-5,16H,3,6-8H2,1H3,(H,14,17). The van der Waals surface area contributed by atoms with Gasteiger partial charge in [-0.25, -0.2) is 0 Å². The van der Waals surface area contributed by atoms with E-state index in [9.17, 15) is 20.0 Å². The number of benzene rings is 1. The molecule has 20 heavy (non-hydrogen) atoms. The van der Waals surface area contributed by atoms with Crippen molar-refractivity contribution >= 4 is 11.6 Å². The van der Waals surface area contributed by atoms with E-state index in [0.29, 0.717) is 12.8 Å². The van der Waals surface area contributed by atoms with Gasteiger partial charge in [0.1, 0.15) is 0 Å². The van der Waals surface area contributed by atoms with Crippen LogP contribution in [-0.4, -0.2) is 35.2 Å². The Kier molecular flexibility index (Phi) is 3.89. The second kappa shape index (κ2) is 5.46. The topological polar surface area (TPSA) is 102 Å². The molecule has 1 saturated carbocycles. The maximum absolute atomic E-state index is 12.2. The van der Waals surface area contributed by atoms with E-state index >= 15 is 0 Å². The molecule has 2 rings (SSSR count). The molecule has 7 heteroatoms. The molecule has 2 N–H and O–H groups in total. The number of nitrogens with zero attached hydrogens (tertiary/aromatic N) is 1. The van der Waals surface area contributed by atoms with E-state index in [1.807, 2.05) is 0 Å². The fourth-order valence-electron chi connectivity index (χ4n) is 2.30. The van der Waals surface area contributed by atoms with Crippen LogP contribution >= 0.6 is 0 Å². The maximum Gasteiger partial charge on any atom is 0.311 e. The number of amides is 1. The van der Waals surface area contributed by atoms with Gasteiger partial charge in [-0.1, -0.05) is 6.07 Å². The molecule has 0 aliphatic heterocycles. The number of ether oxygens (including phenoxy) is 1. The van der Waals surface area contributed by atoms with Gasteiger partial charge in [0.15, 0.2) is 0 Å². The van der Waals surface area contributed by atoms with Gasteiger partial charge in [-0.2, -0.15) is 0 Å². The minimum atomic E-state index is -0.604. The van der Waals surface area contributed by atoms with Crippen molar-refractivity contribution in [2.45, 2.75) is 24.8 Å². The Morgan fingerprint density at radius 1 is 1.55 bits per heavy atom. The summed E-state index contributed by atoms with van der Waals surface area (Å²) in [5.74, 6) is -0.540. The van der Waals surface area contributed by atoms with Gasteiger partial charge in [0.05, 0.1) is 29.7 Å². The van der Waals surface area contributed by atoms with Gasteiger partial charge in [0.2, 0.25) is 5.75 Å². The van der Waals surface area contributed by atoms with E-state index in [4.69, 9.17) is 4.74 Å². The molecule has 0 spiro atoms. The van der Waals surface area contributed by atoms with Crippen LogP contribution in [0.25, 0.3) is 0 Å². The largest absolute Gasteiger partial charge is 0.490 e. The van der Waals surface area contributed by atoms with Crippen LogP contribution in [0.4, 0.5) is 5.69 Å². The van der Waals surface area contributed by atoms with E-state index < -0.39 is 16.4 Å². The lowest BCUT2D eigenvalue weighted by Gasteiger charge is -2.41. The van der Waals surface area contributed by atoms with Crippen molar-refractivity contribution in [2.75, 3.05) is 13.7 Å². The third-order valence-electron chi connectivity index (χ3n) is 3.63. The van der Waals surface area contributed by atoms with E-state index in [0.717, 1.165) is 6.42 Å². The first-order valence-electron chi connectivity index (χ1n) is 6.28. The van der Waals surface area contributed by atoms with E-state index in [1.165, 1.54) is 25.3 Å². The number of aliphatic hydroxyl groups excluding tert-OH is 1. The fraction of sp³-hybridized carbons (Fsp3) is 0.462. The molecule has 1 aliphatic carbocycles. The zero-order chi connectivity index (χ0) is 14.8. The van der Waals surface area contributed by atoms with Crippen LogP contribution in [0, 0.1) is 10.1 Å². The summed E-state index contributed by atoms with van der Waals surface area (Å²) in [5, 5.41) is 23.0. The molecule has 0 heterocycles. The molecular weight excluding hydrogens is 264 g/mol. The number of carbonyl (C=O) groups is 1. The van der Waals surface area contributed by atoms with Gasteiger partial charge in [-0.3, -0.25) is 14.9 Å². The number of carbonyl (C=O) groups excluding carboxylic acids is 1. The zero-order valence-corrected chi connectivity index (χ0v) is 11.1. The van der Waals surface area contributed by atoms with Gasteiger partial charge < -0.3 is 15.2 Å². The highest BCUT2D eigenvalue weighted by molar-refractivity contribution is 5.98. The Bertz CT molecular complexity index is 534. The summed E-state index contributed by atoms with van der Waals surface area (Å²) in [6.07, 6.45) is 2.34. The van der Waals surface area contributed by atoms with Crippen LogP contribution < -0.4 is 10.1 Å². The predicted octanol–water partition coefficient (Wildman–Crippen LogP) is 1.25. The molecule has 1 aromatic rings. The number of methoxy groups -OCH3 is 1. The highest BCUT2D eigenvalue weighted by Gasteiger charge is 2.38. The van der Waals surface area contributed by atoms with Crippen LogP contribution in [0.3, 0.4) is 0 Å². The van der Waals surface area contributed by atoms with Gasteiger partial charge in [-0.05, 0) is 25.3 Å². The second-order valence-corrected chi connectivity index (χ2v) is 4.86. The minimum absolute atomic E-state index is 0.0672. The molecule has 108 valence electrons. The third kappa shape index (κ3) is 2.44. The summed E-state index contributed by atoms with van der Waals surface area (Å²) in [6.45, 7) is -0.143. The number of nitrogens with one attached hydrogen (secondary N) is 1. The van der Waals surface area contributed by atoms with Crippen LogP contribution in [0.5, 0.6) is 5.75 Å². The number of nitro benzene ring substituents is 1. The second-order valence-electron chi connectivity index (χ2n) is 4.86. The Morgan fingerprint density at radius 2 is 2.25 bits per heavy atom. The van der Waals surface area contributed by atoms with Crippen molar-refractivity contribution in [3.05, 3.63) is 33.9 Å². The zero-order valence-electron chi connectivity index (χ0n) is 11.1. The highest BCUT2D eigenvalue weighted by Crippen LogP contribution is 2.34. The van der Waals surface area contributed by atoms with Crippen molar-refractivity contribution in [3.8, 4) is 5.75 Å².